The molecule has 2 aromatic rings. The highest BCUT2D eigenvalue weighted by Crippen LogP contribution is 2.37. The van der Waals surface area contributed by atoms with Gasteiger partial charge in [0.05, 0.1) is 4.92 Å². The van der Waals surface area contributed by atoms with Crippen molar-refractivity contribution in [2.24, 2.45) is 0 Å². The van der Waals surface area contributed by atoms with Crippen LogP contribution < -0.4 is 10.1 Å². The monoisotopic (exact) mass is 445 g/mol. The van der Waals surface area contributed by atoms with Gasteiger partial charge >= 0.3 is 6.18 Å². The molecule has 11 heteroatoms. The quantitative estimate of drug-likeness (QED) is 0.486. The summed E-state index contributed by atoms with van der Waals surface area (Å²) in [6, 6.07) is 4.96. The third-order valence-electron chi connectivity index (χ3n) is 3.42. The summed E-state index contributed by atoms with van der Waals surface area (Å²) in [7, 11) is 0. The molecule has 0 fully saturated rings. The van der Waals surface area contributed by atoms with Crippen LogP contribution in [0.3, 0.4) is 0 Å². The average molecular weight is 445 g/mol. The molecule has 1 aromatic carbocycles. The highest BCUT2D eigenvalue weighted by atomic mass is 19.4. The van der Waals surface area contributed by atoms with E-state index in [1.165, 1.54) is 24.5 Å². The number of benzene rings is 1. The molecule has 0 radical (unpaired) electrons. The van der Waals surface area contributed by atoms with Crippen LogP contribution in [0.25, 0.3) is 0 Å². The van der Waals surface area contributed by atoms with Gasteiger partial charge in [0.2, 0.25) is 0 Å². The van der Waals surface area contributed by atoms with Gasteiger partial charge < -0.3 is 15.2 Å². The molecule has 0 aliphatic heterocycles. The third-order valence-corrected chi connectivity index (χ3v) is 3.42. The molecule has 1 atom stereocenters. The number of amides is 1. The van der Waals surface area contributed by atoms with Crippen molar-refractivity contribution >= 4 is 17.3 Å². The van der Waals surface area contributed by atoms with Gasteiger partial charge in [0.1, 0.15) is 17.9 Å². The Morgan fingerprint density at radius 3 is 2.19 bits per heavy atom. The van der Waals surface area contributed by atoms with Crippen LogP contribution in [0.2, 0.25) is 0 Å². The van der Waals surface area contributed by atoms with E-state index in [2.05, 4.69) is 10.3 Å². The lowest BCUT2D eigenvalue weighted by atomic mass is 10.1. The third kappa shape index (κ3) is 8.59. The van der Waals surface area contributed by atoms with E-state index in [0.29, 0.717) is 17.9 Å². The topological polar surface area (TPSA) is 115 Å². The summed E-state index contributed by atoms with van der Waals surface area (Å²) < 4.78 is 44.2. The van der Waals surface area contributed by atoms with Gasteiger partial charge in [-0.3, -0.25) is 19.9 Å². The van der Waals surface area contributed by atoms with Gasteiger partial charge in [-0.15, -0.1) is 0 Å². The van der Waals surface area contributed by atoms with Crippen molar-refractivity contribution in [3.05, 3.63) is 58.4 Å². The Hall–Kier alpha value is -3.21. The Balaban J connectivity index is 0.00000212. The number of carbonyl (C=O) groups is 1. The van der Waals surface area contributed by atoms with Crippen molar-refractivity contribution in [3.63, 3.8) is 0 Å². The molecule has 0 saturated heterocycles. The first-order chi connectivity index (χ1) is 14.5. The Labute approximate surface area is 178 Å². The Kier molecular flexibility index (Phi) is 11.2. The summed E-state index contributed by atoms with van der Waals surface area (Å²) in [6.07, 6.45) is -2.13. The maximum Gasteiger partial charge on any atom is 0.423 e. The molecule has 31 heavy (non-hydrogen) atoms. The van der Waals surface area contributed by atoms with Crippen LogP contribution in [-0.2, 0) is 11.0 Å². The van der Waals surface area contributed by atoms with E-state index < -0.39 is 40.5 Å². The van der Waals surface area contributed by atoms with Crippen LogP contribution in [0.4, 0.5) is 24.5 Å². The van der Waals surface area contributed by atoms with Crippen LogP contribution >= 0.6 is 0 Å². The lowest BCUT2D eigenvalue weighted by Crippen LogP contribution is -2.45. The maximum absolute atomic E-state index is 13.0. The highest BCUT2D eigenvalue weighted by molar-refractivity contribution is 5.97. The van der Waals surface area contributed by atoms with E-state index in [9.17, 15) is 33.2 Å². The number of aromatic nitrogens is 1. The van der Waals surface area contributed by atoms with Crippen LogP contribution in [0.5, 0.6) is 5.75 Å². The van der Waals surface area contributed by atoms with Gasteiger partial charge in [0.15, 0.2) is 5.60 Å². The molecule has 172 valence electrons. The summed E-state index contributed by atoms with van der Waals surface area (Å²) in [5.74, 6) is -0.716. The largest absolute Gasteiger partial charge is 0.490 e. The van der Waals surface area contributed by atoms with Gasteiger partial charge in [0, 0.05) is 24.1 Å². The first-order valence-electron chi connectivity index (χ1n) is 9.43. The normalized spacial score (nSPS) is 12.2. The van der Waals surface area contributed by atoms with Crippen molar-refractivity contribution in [3.8, 4) is 5.75 Å². The number of nitro groups is 1. The molecule has 0 bridgehead atoms. The number of anilines is 1. The number of carbonyl (C=O) groups excluding carboxylic acids is 1. The van der Waals surface area contributed by atoms with Crippen LogP contribution in [0, 0.1) is 10.1 Å². The van der Waals surface area contributed by atoms with Crippen molar-refractivity contribution in [2.45, 2.75) is 46.4 Å². The molecule has 2 N–H and O–H groups in total. The predicted molar refractivity (Wildman–Crippen MR) is 110 cm³/mol. The lowest BCUT2D eigenvalue weighted by Gasteiger charge is -2.22. The highest BCUT2D eigenvalue weighted by Gasteiger charge is 2.39. The smallest absolute Gasteiger partial charge is 0.423 e. The second kappa shape index (κ2) is 12.5. The molecule has 0 aliphatic carbocycles. The SMILES string of the molecule is CC.CC.C[C@](O)(COc1ccncc1)C(=O)Nc1ccc([N+](=O)[O-])c(C(F)(F)F)c1. The number of nitro benzene ring substituents is 1. The molecule has 0 aliphatic rings. The number of rotatable bonds is 6. The van der Waals surface area contributed by atoms with Crippen LogP contribution in [0.15, 0.2) is 42.7 Å². The molecular formula is C20H26F3N3O5. The molecule has 8 nitrogen and oxygen atoms in total. The minimum Gasteiger partial charge on any atom is -0.490 e. The predicted octanol–water partition coefficient (Wildman–Crippen LogP) is 4.83. The zero-order valence-corrected chi connectivity index (χ0v) is 17.9. The number of halogens is 3. The van der Waals surface area contributed by atoms with Gasteiger partial charge in [-0.05, 0) is 31.2 Å². The molecule has 0 unspecified atom stereocenters. The zero-order chi connectivity index (χ0) is 24.2. The van der Waals surface area contributed by atoms with Crippen molar-refractivity contribution in [2.75, 3.05) is 11.9 Å². The fourth-order valence-electron chi connectivity index (χ4n) is 1.99. The number of alkyl halides is 3. The maximum atomic E-state index is 13.0. The second-order valence-corrected chi connectivity index (χ2v) is 5.69. The number of pyridine rings is 1. The first kappa shape index (κ1) is 27.8. The first-order valence-corrected chi connectivity index (χ1v) is 9.43. The van der Waals surface area contributed by atoms with E-state index in [1.54, 1.807) is 0 Å². The molecule has 0 saturated carbocycles. The molecule has 1 amide bonds. The Morgan fingerprint density at radius 1 is 1.16 bits per heavy atom. The summed E-state index contributed by atoms with van der Waals surface area (Å²) >= 11 is 0. The Bertz CT molecular complexity index is 844. The molecular weight excluding hydrogens is 419 g/mol. The standard InChI is InChI=1S/C16H14F3N3O5.2C2H6/c1-15(24,9-27-11-4-6-20-7-5-11)14(23)21-10-2-3-13(22(25)26)12(8-10)16(17,18)19;2*1-2/h2-8,24H,9H2,1H3,(H,21,23);2*1-2H3/t15-;;/m0../s1. The van der Waals surface area contributed by atoms with Crippen LogP contribution in [-0.4, -0.2) is 33.1 Å². The van der Waals surface area contributed by atoms with Crippen molar-refractivity contribution < 1.29 is 32.7 Å². The molecule has 2 rings (SSSR count). The van der Waals surface area contributed by atoms with Gasteiger partial charge in [-0.1, -0.05) is 27.7 Å². The van der Waals surface area contributed by atoms with E-state index in [-0.39, 0.29) is 5.69 Å². The summed E-state index contributed by atoms with van der Waals surface area (Å²) in [5, 5.41) is 23.0. The number of hydrogen-bond acceptors (Lipinski definition) is 6. The zero-order valence-electron chi connectivity index (χ0n) is 17.9. The molecule has 1 heterocycles. The van der Waals surface area contributed by atoms with E-state index >= 15 is 0 Å². The summed E-state index contributed by atoms with van der Waals surface area (Å²) in [6.45, 7) is 8.63. The van der Waals surface area contributed by atoms with E-state index in [4.69, 9.17) is 4.74 Å². The van der Waals surface area contributed by atoms with Gasteiger partial charge in [-0.25, -0.2) is 0 Å². The number of aliphatic hydroxyl groups is 1. The summed E-state index contributed by atoms with van der Waals surface area (Å²) in [4.78, 5) is 25.5. The summed E-state index contributed by atoms with van der Waals surface area (Å²) in [5.41, 5.74) is -5.10. The molecule has 0 spiro atoms. The average Bonchev–Trinajstić information content (AvgIpc) is 2.75. The number of hydrogen-bond donors (Lipinski definition) is 2. The number of nitrogens with zero attached hydrogens (tertiary/aromatic N) is 2. The Morgan fingerprint density at radius 2 is 1.71 bits per heavy atom. The minimum atomic E-state index is -4.99. The minimum absolute atomic E-state index is 0.327. The van der Waals surface area contributed by atoms with E-state index in [1.807, 2.05) is 27.7 Å². The fraction of sp³-hybridized carbons (Fsp3) is 0.400. The van der Waals surface area contributed by atoms with Gasteiger partial charge in [0.25, 0.3) is 11.6 Å². The number of nitrogens with one attached hydrogen (secondary N) is 1. The second-order valence-electron chi connectivity index (χ2n) is 5.69. The lowest BCUT2D eigenvalue weighted by molar-refractivity contribution is -0.388. The van der Waals surface area contributed by atoms with E-state index in [0.717, 1.165) is 13.0 Å². The van der Waals surface area contributed by atoms with Crippen LogP contribution in [0.1, 0.15) is 40.2 Å². The fourth-order valence-corrected chi connectivity index (χ4v) is 1.99. The van der Waals surface area contributed by atoms with Gasteiger partial charge in [-0.2, -0.15) is 13.2 Å². The molecule has 1 aromatic heterocycles. The van der Waals surface area contributed by atoms with Crippen molar-refractivity contribution in [1.29, 1.82) is 0 Å². The van der Waals surface area contributed by atoms with Crippen molar-refractivity contribution in [1.82, 2.24) is 4.98 Å². The number of ether oxygens (including phenoxy) is 1.